The maximum atomic E-state index is 10.7. The summed E-state index contributed by atoms with van der Waals surface area (Å²) in [6, 6.07) is 0. The second-order valence-corrected chi connectivity index (χ2v) is 2.75. The SMILES string of the molecule is NNC(=O)CN1CCC(O)C1. The average molecular weight is 159 g/mol. The fourth-order valence-corrected chi connectivity index (χ4v) is 1.20. The molecule has 0 aliphatic carbocycles. The van der Waals surface area contributed by atoms with Crippen molar-refractivity contribution in [3.05, 3.63) is 0 Å². The molecule has 1 saturated heterocycles. The fourth-order valence-electron chi connectivity index (χ4n) is 1.20. The number of rotatable bonds is 2. The summed E-state index contributed by atoms with van der Waals surface area (Å²) >= 11 is 0. The largest absolute Gasteiger partial charge is 0.392 e. The molecule has 0 bridgehead atoms. The van der Waals surface area contributed by atoms with E-state index in [1.807, 2.05) is 10.3 Å². The van der Waals surface area contributed by atoms with Gasteiger partial charge >= 0.3 is 0 Å². The lowest BCUT2D eigenvalue weighted by Crippen LogP contribution is -2.39. The molecule has 0 aromatic rings. The number of hydrazine groups is 1. The molecular formula is C6H13N3O2. The van der Waals surface area contributed by atoms with Crippen LogP contribution in [0.2, 0.25) is 0 Å². The zero-order valence-electron chi connectivity index (χ0n) is 6.29. The van der Waals surface area contributed by atoms with Gasteiger partial charge in [-0.2, -0.15) is 0 Å². The second-order valence-electron chi connectivity index (χ2n) is 2.75. The quantitative estimate of drug-likeness (QED) is 0.248. The molecule has 0 aromatic carbocycles. The summed E-state index contributed by atoms with van der Waals surface area (Å²) in [5.74, 6) is 4.69. The van der Waals surface area contributed by atoms with Crippen LogP contribution in [0.25, 0.3) is 0 Å². The highest BCUT2D eigenvalue weighted by atomic mass is 16.3. The zero-order valence-corrected chi connectivity index (χ0v) is 6.29. The molecule has 5 heteroatoms. The monoisotopic (exact) mass is 159 g/mol. The van der Waals surface area contributed by atoms with Gasteiger partial charge in [0.05, 0.1) is 12.6 Å². The van der Waals surface area contributed by atoms with E-state index in [1.165, 1.54) is 0 Å². The van der Waals surface area contributed by atoms with Crippen molar-refractivity contribution in [2.75, 3.05) is 19.6 Å². The van der Waals surface area contributed by atoms with Gasteiger partial charge in [-0.3, -0.25) is 15.1 Å². The van der Waals surface area contributed by atoms with Gasteiger partial charge in [0.1, 0.15) is 0 Å². The Hall–Kier alpha value is -0.650. The molecule has 1 fully saturated rings. The molecule has 5 nitrogen and oxygen atoms in total. The minimum Gasteiger partial charge on any atom is -0.392 e. The van der Waals surface area contributed by atoms with E-state index in [9.17, 15) is 4.79 Å². The first-order chi connectivity index (χ1) is 5.22. The predicted molar refractivity (Wildman–Crippen MR) is 39.4 cm³/mol. The van der Waals surface area contributed by atoms with Crippen molar-refractivity contribution in [2.45, 2.75) is 12.5 Å². The highest BCUT2D eigenvalue weighted by Gasteiger charge is 2.21. The van der Waals surface area contributed by atoms with E-state index in [0.29, 0.717) is 6.54 Å². The second kappa shape index (κ2) is 3.66. The number of aliphatic hydroxyl groups is 1. The lowest BCUT2D eigenvalue weighted by molar-refractivity contribution is -0.122. The van der Waals surface area contributed by atoms with Gasteiger partial charge in [0.2, 0.25) is 5.91 Å². The number of nitrogens with one attached hydrogen (secondary N) is 1. The van der Waals surface area contributed by atoms with Crippen LogP contribution in [0, 0.1) is 0 Å². The van der Waals surface area contributed by atoms with Gasteiger partial charge in [-0.15, -0.1) is 0 Å². The normalized spacial score (nSPS) is 25.5. The molecular weight excluding hydrogens is 146 g/mol. The molecule has 1 unspecified atom stereocenters. The summed E-state index contributed by atoms with van der Waals surface area (Å²) < 4.78 is 0. The van der Waals surface area contributed by atoms with E-state index in [-0.39, 0.29) is 18.6 Å². The molecule has 11 heavy (non-hydrogen) atoms. The number of nitrogens with zero attached hydrogens (tertiary/aromatic N) is 1. The molecule has 0 aromatic heterocycles. The van der Waals surface area contributed by atoms with Crippen molar-refractivity contribution in [3.8, 4) is 0 Å². The van der Waals surface area contributed by atoms with E-state index in [4.69, 9.17) is 10.9 Å². The van der Waals surface area contributed by atoms with Gasteiger partial charge < -0.3 is 5.11 Å². The Kier molecular flexibility index (Phi) is 2.81. The highest BCUT2D eigenvalue weighted by molar-refractivity contribution is 5.77. The first-order valence-corrected chi connectivity index (χ1v) is 3.62. The third-order valence-electron chi connectivity index (χ3n) is 1.78. The van der Waals surface area contributed by atoms with Crippen LogP contribution in [0.4, 0.5) is 0 Å². The van der Waals surface area contributed by atoms with Crippen LogP contribution in [0.3, 0.4) is 0 Å². The maximum Gasteiger partial charge on any atom is 0.248 e. The van der Waals surface area contributed by atoms with E-state index < -0.39 is 0 Å². The standard InChI is InChI=1S/C6H13N3O2/c7-8-6(11)4-9-2-1-5(10)3-9/h5,10H,1-4,7H2,(H,8,11). The van der Waals surface area contributed by atoms with Gasteiger partial charge in [0.25, 0.3) is 0 Å². The third kappa shape index (κ3) is 2.45. The summed E-state index contributed by atoms with van der Waals surface area (Å²) in [5, 5.41) is 9.08. The van der Waals surface area contributed by atoms with E-state index in [1.54, 1.807) is 0 Å². The number of hydrogen-bond donors (Lipinski definition) is 3. The van der Waals surface area contributed by atoms with Gasteiger partial charge in [-0.1, -0.05) is 0 Å². The Morgan fingerprint density at radius 3 is 3.00 bits per heavy atom. The third-order valence-corrected chi connectivity index (χ3v) is 1.78. The van der Waals surface area contributed by atoms with Gasteiger partial charge in [-0.25, -0.2) is 5.84 Å². The smallest absolute Gasteiger partial charge is 0.248 e. The van der Waals surface area contributed by atoms with E-state index in [0.717, 1.165) is 13.0 Å². The predicted octanol–water partition coefficient (Wildman–Crippen LogP) is -1.96. The lowest BCUT2D eigenvalue weighted by atomic mass is 10.3. The average Bonchev–Trinajstić information content (AvgIpc) is 2.35. The number of carbonyl (C=O) groups is 1. The minimum atomic E-state index is -0.277. The Bertz CT molecular complexity index is 151. The molecule has 1 aliphatic heterocycles. The number of carbonyl (C=O) groups excluding carboxylic acids is 1. The molecule has 1 heterocycles. The highest BCUT2D eigenvalue weighted by Crippen LogP contribution is 2.06. The van der Waals surface area contributed by atoms with E-state index >= 15 is 0 Å². The number of likely N-dealkylation sites (tertiary alicyclic amines) is 1. The van der Waals surface area contributed by atoms with Crippen LogP contribution in [-0.2, 0) is 4.79 Å². The summed E-state index contributed by atoms with van der Waals surface area (Å²) in [6.45, 7) is 1.63. The molecule has 1 atom stereocenters. The van der Waals surface area contributed by atoms with Gasteiger partial charge in [-0.05, 0) is 6.42 Å². The van der Waals surface area contributed by atoms with Crippen molar-refractivity contribution >= 4 is 5.91 Å². The fraction of sp³-hybridized carbons (Fsp3) is 0.833. The van der Waals surface area contributed by atoms with Gasteiger partial charge in [0, 0.05) is 13.1 Å². The Morgan fingerprint density at radius 2 is 2.55 bits per heavy atom. The first-order valence-electron chi connectivity index (χ1n) is 3.62. The van der Waals surface area contributed by atoms with Crippen LogP contribution in [0.5, 0.6) is 0 Å². The Morgan fingerprint density at radius 1 is 1.82 bits per heavy atom. The summed E-state index contributed by atoms with van der Waals surface area (Å²) in [4.78, 5) is 12.6. The van der Waals surface area contributed by atoms with Gasteiger partial charge in [0.15, 0.2) is 0 Å². The lowest BCUT2D eigenvalue weighted by Gasteiger charge is -2.12. The molecule has 1 aliphatic rings. The number of amides is 1. The topological polar surface area (TPSA) is 78.6 Å². The maximum absolute atomic E-state index is 10.7. The molecule has 0 radical (unpaired) electrons. The molecule has 1 rings (SSSR count). The molecule has 4 N–H and O–H groups in total. The molecule has 1 amide bonds. The Labute approximate surface area is 65.1 Å². The van der Waals surface area contributed by atoms with Crippen LogP contribution < -0.4 is 11.3 Å². The van der Waals surface area contributed by atoms with E-state index in [2.05, 4.69) is 0 Å². The molecule has 0 saturated carbocycles. The van der Waals surface area contributed by atoms with Crippen molar-refractivity contribution in [1.82, 2.24) is 10.3 Å². The number of β-amino-alcohol motifs (C(OH)–C–C–N with tert-alkyl or cyclic N) is 1. The minimum absolute atomic E-state index is 0.209. The number of aliphatic hydroxyl groups excluding tert-OH is 1. The van der Waals surface area contributed by atoms with Crippen LogP contribution in [0.15, 0.2) is 0 Å². The van der Waals surface area contributed by atoms with Crippen molar-refractivity contribution in [1.29, 1.82) is 0 Å². The van der Waals surface area contributed by atoms with Crippen molar-refractivity contribution in [2.24, 2.45) is 5.84 Å². The number of nitrogens with two attached hydrogens (primary N) is 1. The van der Waals surface area contributed by atoms with Crippen molar-refractivity contribution < 1.29 is 9.90 Å². The summed E-state index contributed by atoms with van der Waals surface area (Å²) in [7, 11) is 0. The summed E-state index contributed by atoms with van der Waals surface area (Å²) in [5.41, 5.74) is 2.04. The first kappa shape index (κ1) is 8.45. The molecule has 64 valence electrons. The van der Waals surface area contributed by atoms with Crippen LogP contribution >= 0.6 is 0 Å². The number of hydrogen-bond acceptors (Lipinski definition) is 4. The molecule has 0 spiro atoms. The van der Waals surface area contributed by atoms with Crippen LogP contribution in [-0.4, -0.2) is 41.7 Å². The Balaban J connectivity index is 2.23. The summed E-state index contributed by atoms with van der Waals surface area (Å²) in [6.07, 6.45) is 0.471. The van der Waals surface area contributed by atoms with Crippen LogP contribution in [0.1, 0.15) is 6.42 Å². The van der Waals surface area contributed by atoms with Crippen molar-refractivity contribution in [3.63, 3.8) is 0 Å². The zero-order chi connectivity index (χ0) is 8.27.